The lowest BCUT2D eigenvalue weighted by Gasteiger charge is -2.50. The molecule has 0 spiro atoms. The first-order valence-corrected chi connectivity index (χ1v) is 8.71. The second kappa shape index (κ2) is 7.34. The Morgan fingerprint density at radius 2 is 2.04 bits per heavy atom. The van der Waals surface area contributed by atoms with Gasteiger partial charge in [-0.05, 0) is 26.3 Å². The van der Waals surface area contributed by atoms with Gasteiger partial charge in [0.2, 0.25) is 0 Å². The van der Waals surface area contributed by atoms with Crippen molar-refractivity contribution in [1.82, 2.24) is 4.90 Å². The average Bonchev–Trinajstić information content (AvgIpc) is 2.98. The van der Waals surface area contributed by atoms with Crippen LogP contribution in [0, 0.1) is 0 Å². The van der Waals surface area contributed by atoms with Crippen LogP contribution in [-0.4, -0.2) is 60.6 Å². The molecule has 1 aromatic rings. The van der Waals surface area contributed by atoms with Crippen LogP contribution >= 0.6 is 0 Å². The second-order valence-electron chi connectivity index (χ2n) is 7.02. The fourth-order valence-corrected chi connectivity index (χ4v) is 3.42. The lowest BCUT2D eigenvalue weighted by molar-refractivity contribution is -0.206. The molecule has 0 bridgehead atoms. The SMILES string of the molecule is COC(=O)C(C)N1C(=O)[C@H](OCc2ccccc2)[C@@H]1[C@H]1COC(C)(C)O1. The third-order valence-electron chi connectivity index (χ3n) is 4.77. The summed E-state index contributed by atoms with van der Waals surface area (Å²) in [4.78, 5) is 26.1. The number of nitrogens with zero attached hydrogens (tertiary/aromatic N) is 1. The molecule has 26 heavy (non-hydrogen) atoms. The number of β-lactam (4-membered cyclic amide) rings is 1. The number of benzene rings is 1. The Labute approximate surface area is 153 Å². The second-order valence-corrected chi connectivity index (χ2v) is 7.02. The molecular weight excluding hydrogens is 338 g/mol. The van der Waals surface area contributed by atoms with Crippen LogP contribution in [0.4, 0.5) is 0 Å². The van der Waals surface area contributed by atoms with Crippen LogP contribution in [-0.2, 0) is 35.1 Å². The van der Waals surface area contributed by atoms with Crippen molar-refractivity contribution in [3.05, 3.63) is 35.9 Å². The minimum absolute atomic E-state index is 0.239. The van der Waals surface area contributed by atoms with Gasteiger partial charge in [-0.3, -0.25) is 4.79 Å². The summed E-state index contributed by atoms with van der Waals surface area (Å²) in [6, 6.07) is 8.52. The summed E-state index contributed by atoms with van der Waals surface area (Å²) in [6.07, 6.45) is -1.04. The molecule has 4 atom stereocenters. The summed E-state index contributed by atoms with van der Waals surface area (Å²) in [5, 5.41) is 0. The maximum absolute atomic E-state index is 12.7. The van der Waals surface area contributed by atoms with Crippen molar-refractivity contribution in [2.24, 2.45) is 0 Å². The van der Waals surface area contributed by atoms with Gasteiger partial charge in [0.15, 0.2) is 11.9 Å². The minimum Gasteiger partial charge on any atom is -0.467 e. The molecule has 142 valence electrons. The van der Waals surface area contributed by atoms with Crippen molar-refractivity contribution >= 4 is 11.9 Å². The Hall–Kier alpha value is -1.96. The molecular formula is C19H25NO6. The first kappa shape index (κ1) is 18.8. The smallest absolute Gasteiger partial charge is 0.328 e. The van der Waals surface area contributed by atoms with E-state index in [9.17, 15) is 9.59 Å². The van der Waals surface area contributed by atoms with Crippen LogP contribution in [0.25, 0.3) is 0 Å². The summed E-state index contributed by atoms with van der Waals surface area (Å²) in [6.45, 7) is 5.93. The minimum atomic E-state index is -0.729. The van der Waals surface area contributed by atoms with Crippen LogP contribution in [0.1, 0.15) is 26.3 Å². The number of esters is 1. The Morgan fingerprint density at radius 1 is 1.35 bits per heavy atom. The largest absolute Gasteiger partial charge is 0.467 e. The van der Waals surface area contributed by atoms with E-state index in [-0.39, 0.29) is 12.0 Å². The molecule has 0 aromatic heterocycles. The first-order valence-electron chi connectivity index (χ1n) is 8.71. The molecule has 7 nitrogen and oxygen atoms in total. The van der Waals surface area contributed by atoms with Crippen molar-refractivity contribution in [2.45, 2.75) is 57.5 Å². The predicted octanol–water partition coefficient (Wildman–Crippen LogP) is 1.50. The average molecular weight is 363 g/mol. The van der Waals surface area contributed by atoms with E-state index in [2.05, 4.69) is 0 Å². The van der Waals surface area contributed by atoms with Gasteiger partial charge in [-0.25, -0.2) is 4.79 Å². The van der Waals surface area contributed by atoms with E-state index in [1.54, 1.807) is 6.92 Å². The first-order chi connectivity index (χ1) is 12.3. The zero-order chi connectivity index (χ0) is 18.9. The highest BCUT2D eigenvalue weighted by Crippen LogP contribution is 2.36. The summed E-state index contributed by atoms with van der Waals surface area (Å²) < 4.78 is 22.2. The highest BCUT2D eigenvalue weighted by atomic mass is 16.7. The van der Waals surface area contributed by atoms with Gasteiger partial charge < -0.3 is 23.8 Å². The number of hydrogen-bond acceptors (Lipinski definition) is 6. The van der Waals surface area contributed by atoms with Gasteiger partial charge >= 0.3 is 5.97 Å². The third kappa shape index (κ3) is 3.60. The molecule has 0 N–H and O–H groups in total. The lowest BCUT2D eigenvalue weighted by Crippen LogP contribution is -2.73. The number of carbonyl (C=O) groups excluding carboxylic acids is 2. The van der Waals surface area contributed by atoms with Crippen LogP contribution in [0.2, 0.25) is 0 Å². The quantitative estimate of drug-likeness (QED) is 0.563. The fraction of sp³-hybridized carbons (Fsp3) is 0.579. The topological polar surface area (TPSA) is 74.3 Å². The van der Waals surface area contributed by atoms with Crippen LogP contribution in [0.5, 0.6) is 0 Å². The van der Waals surface area contributed by atoms with Crippen LogP contribution < -0.4 is 0 Å². The van der Waals surface area contributed by atoms with Gasteiger partial charge in [0.25, 0.3) is 5.91 Å². The van der Waals surface area contributed by atoms with Gasteiger partial charge in [0.1, 0.15) is 12.1 Å². The predicted molar refractivity (Wildman–Crippen MR) is 92.0 cm³/mol. The summed E-state index contributed by atoms with van der Waals surface area (Å²) in [5.74, 6) is -1.44. The van der Waals surface area contributed by atoms with Gasteiger partial charge in [-0.1, -0.05) is 30.3 Å². The van der Waals surface area contributed by atoms with E-state index >= 15 is 0 Å². The number of carbonyl (C=O) groups is 2. The maximum Gasteiger partial charge on any atom is 0.328 e. The number of likely N-dealkylation sites (tertiary alicyclic amines) is 1. The maximum atomic E-state index is 12.7. The standard InChI is InChI=1S/C19H25NO6/c1-12(18(22)23-4)20-15(14-11-25-19(2,3)26-14)16(17(20)21)24-10-13-8-6-5-7-9-13/h5-9,12,14-16H,10-11H2,1-4H3/t12?,14-,15+,16-/m1/s1. The molecule has 1 amide bonds. The summed E-state index contributed by atoms with van der Waals surface area (Å²) >= 11 is 0. The van der Waals surface area contributed by atoms with Crippen molar-refractivity contribution in [1.29, 1.82) is 0 Å². The lowest BCUT2D eigenvalue weighted by atomic mass is 9.90. The fourth-order valence-electron chi connectivity index (χ4n) is 3.42. The van der Waals surface area contributed by atoms with Gasteiger partial charge in [0, 0.05) is 0 Å². The Bertz CT molecular complexity index is 661. The number of hydrogen-bond donors (Lipinski definition) is 0. The van der Waals surface area contributed by atoms with Crippen molar-refractivity contribution < 1.29 is 28.5 Å². The van der Waals surface area contributed by atoms with Crippen molar-refractivity contribution in [3.63, 3.8) is 0 Å². The molecule has 3 rings (SSSR count). The Balaban J connectivity index is 1.74. The molecule has 0 saturated carbocycles. The van der Waals surface area contributed by atoms with E-state index in [4.69, 9.17) is 18.9 Å². The van der Waals surface area contributed by atoms with Crippen LogP contribution in [0.3, 0.4) is 0 Å². The molecule has 1 aromatic carbocycles. The van der Waals surface area contributed by atoms with E-state index < -0.39 is 29.9 Å². The molecule has 1 unspecified atom stereocenters. The van der Waals surface area contributed by atoms with E-state index in [1.807, 2.05) is 44.2 Å². The highest BCUT2D eigenvalue weighted by molar-refractivity contribution is 5.93. The third-order valence-corrected chi connectivity index (χ3v) is 4.77. The van der Waals surface area contributed by atoms with E-state index in [1.165, 1.54) is 12.0 Å². The normalized spacial score (nSPS) is 28.5. The molecule has 7 heteroatoms. The number of rotatable bonds is 6. The zero-order valence-electron chi connectivity index (χ0n) is 15.5. The van der Waals surface area contributed by atoms with Gasteiger partial charge in [-0.15, -0.1) is 0 Å². The number of ether oxygens (including phenoxy) is 4. The van der Waals surface area contributed by atoms with E-state index in [0.717, 1.165) is 5.56 Å². The van der Waals surface area contributed by atoms with Crippen molar-refractivity contribution in [3.8, 4) is 0 Å². The molecule has 2 aliphatic rings. The van der Waals surface area contributed by atoms with Gasteiger partial charge in [-0.2, -0.15) is 0 Å². The Morgan fingerprint density at radius 3 is 2.62 bits per heavy atom. The molecule has 2 saturated heterocycles. The van der Waals surface area contributed by atoms with E-state index in [0.29, 0.717) is 13.2 Å². The highest BCUT2D eigenvalue weighted by Gasteiger charge is 2.58. The summed E-state index contributed by atoms with van der Waals surface area (Å²) in [7, 11) is 1.31. The van der Waals surface area contributed by atoms with Crippen molar-refractivity contribution in [2.75, 3.05) is 13.7 Å². The number of methoxy groups -OCH3 is 1. The molecule has 2 aliphatic heterocycles. The molecule has 0 aliphatic carbocycles. The molecule has 2 fully saturated rings. The molecule has 2 heterocycles. The summed E-state index contributed by atoms with van der Waals surface area (Å²) in [5.41, 5.74) is 0.974. The van der Waals surface area contributed by atoms with Crippen LogP contribution in [0.15, 0.2) is 30.3 Å². The van der Waals surface area contributed by atoms with Gasteiger partial charge in [0.05, 0.1) is 26.4 Å². The molecule has 0 radical (unpaired) electrons. The monoisotopic (exact) mass is 363 g/mol. The number of amides is 1. The zero-order valence-corrected chi connectivity index (χ0v) is 15.5. The Kier molecular flexibility index (Phi) is 5.32.